The van der Waals surface area contributed by atoms with Crippen molar-refractivity contribution >= 4 is 5.91 Å². The van der Waals surface area contributed by atoms with E-state index in [2.05, 4.69) is 4.90 Å². The molecule has 16 heavy (non-hydrogen) atoms. The minimum absolute atomic E-state index is 0.275. The molecule has 0 saturated carbocycles. The van der Waals surface area contributed by atoms with Gasteiger partial charge in [0.1, 0.15) is 0 Å². The molecule has 2 aliphatic heterocycles. The van der Waals surface area contributed by atoms with Crippen LogP contribution in [0.2, 0.25) is 0 Å². The van der Waals surface area contributed by atoms with E-state index in [1.807, 2.05) is 4.90 Å². The number of hydrogen-bond acceptors (Lipinski definition) is 3. The molecule has 0 aliphatic carbocycles. The maximum absolute atomic E-state index is 12.1. The molecule has 4 nitrogen and oxygen atoms in total. The lowest BCUT2D eigenvalue weighted by atomic mass is 10.2. The van der Waals surface area contributed by atoms with E-state index >= 15 is 0 Å². The lowest BCUT2D eigenvalue weighted by Gasteiger charge is -2.23. The van der Waals surface area contributed by atoms with Crippen LogP contribution >= 0.6 is 0 Å². The fourth-order valence-corrected chi connectivity index (χ4v) is 2.62. The summed E-state index contributed by atoms with van der Waals surface area (Å²) in [7, 11) is 0. The number of carbonyl (C=O) groups excluding carboxylic acids is 1. The largest absolute Gasteiger partial charge is 0.342 e. The normalized spacial score (nSPS) is 28.1. The molecule has 0 radical (unpaired) electrons. The van der Waals surface area contributed by atoms with E-state index in [1.165, 1.54) is 25.7 Å². The summed E-state index contributed by atoms with van der Waals surface area (Å²) in [6.45, 7) is 4.37. The van der Waals surface area contributed by atoms with Gasteiger partial charge in [0.25, 0.3) is 0 Å². The second kappa shape index (κ2) is 5.64. The summed E-state index contributed by atoms with van der Waals surface area (Å²) in [6, 6.07) is 0.275. The van der Waals surface area contributed by atoms with Gasteiger partial charge in [-0.25, -0.2) is 0 Å². The van der Waals surface area contributed by atoms with E-state index in [9.17, 15) is 4.79 Å². The van der Waals surface area contributed by atoms with E-state index in [1.54, 1.807) is 0 Å². The molecule has 2 rings (SSSR count). The Morgan fingerprint density at radius 3 is 2.38 bits per heavy atom. The van der Waals surface area contributed by atoms with Crippen LogP contribution in [-0.2, 0) is 4.79 Å². The van der Waals surface area contributed by atoms with Crippen LogP contribution in [0, 0.1) is 0 Å². The highest BCUT2D eigenvalue weighted by Gasteiger charge is 2.23. The topological polar surface area (TPSA) is 49.6 Å². The number of hydrogen-bond donors (Lipinski definition) is 1. The van der Waals surface area contributed by atoms with Gasteiger partial charge in [0.05, 0.1) is 6.54 Å². The van der Waals surface area contributed by atoms with Gasteiger partial charge in [0, 0.05) is 32.2 Å². The Balaban J connectivity index is 1.77. The summed E-state index contributed by atoms with van der Waals surface area (Å²) in [5.74, 6) is 0.302. The van der Waals surface area contributed by atoms with Crippen LogP contribution in [0.1, 0.15) is 32.1 Å². The Bertz CT molecular complexity index is 236. The van der Waals surface area contributed by atoms with Crippen molar-refractivity contribution in [1.82, 2.24) is 9.80 Å². The van der Waals surface area contributed by atoms with Crippen molar-refractivity contribution in [3.8, 4) is 0 Å². The third kappa shape index (κ3) is 3.19. The summed E-state index contributed by atoms with van der Waals surface area (Å²) in [6.07, 6.45) is 5.93. The van der Waals surface area contributed by atoms with Crippen LogP contribution in [0.5, 0.6) is 0 Å². The molecule has 2 saturated heterocycles. The van der Waals surface area contributed by atoms with Gasteiger partial charge in [-0.05, 0) is 19.3 Å². The van der Waals surface area contributed by atoms with Gasteiger partial charge in [0.15, 0.2) is 0 Å². The second-order valence-electron chi connectivity index (χ2n) is 5.08. The fraction of sp³-hybridized carbons (Fsp3) is 0.917. The third-order valence-electron chi connectivity index (χ3n) is 3.63. The molecule has 0 bridgehead atoms. The number of carbonyl (C=O) groups is 1. The molecule has 1 amide bonds. The monoisotopic (exact) mass is 225 g/mol. The van der Waals surface area contributed by atoms with E-state index in [-0.39, 0.29) is 6.04 Å². The first kappa shape index (κ1) is 11.9. The van der Waals surface area contributed by atoms with E-state index in [0.717, 1.165) is 32.6 Å². The van der Waals surface area contributed by atoms with Gasteiger partial charge in [-0.2, -0.15) is 0 Å². The van der Waals surface area contributed by atoms with Crippen molar-refractivity contribution in [2.24, 2.45) is 5.73 Å². The number of rotatable bonds is 2. The molecule has 1 atom stereocenters. The molecule has 4 heteroatoms. The van der Waals surface area contributed by atoms with Gasteiger partial charge < -0.3 is 10.6 Å². The Kier molecular flexibility index (Phi) is 4.18. The summed E-state index contributed by atoms with van der Waals surface area (Å²) in [5, 5.41) is 0. The molecule has 2 N–H and O–H groups in total. The first-order chi connectivity index (χ1) is 7.75. The molecule has 0 aromatic carbocycles. The van der Waals surface area contributed by atoms with Gasteiger partial charge in [-0.3, -0.25) is 9.69 Å². The highest BCUT2D eigenvalue weighted by Crippen LogP contribution is 2.11. The summed E-state index contributed by atoms with van der Waals surface area (Å²) in [5.41, 5.74) is 5.84. The maximum Gasteiger partial charge on any atom is 0.236 e. The van der Waals surface area contributed by atoms with Crippen molar-refractivity contribution < 1.29 is 4.79 Å². The molecule has 92 valence electrons. The first-order valence-corrected chi connectivity index (χ1v) is 6.51. The number of amides is 1. The molecular weight excluding hydrogens is 202 g/mol. The second-order valence-corrected chi connectivity index (χ2v) is 5.08. The zero-order valence-electron chi connectivity index (χ0n) is 10.0. The van der Waals surface area contributed by atoms with Crippen LogP contribution in [-0.4, -0.2) is 54.5 Å². The number of likely N-dealkylation sites (tertiary alicyclic amines) is 2. The van der Waals surface area contributed by atoms with E-state index in [0.29, 0.717) is 12.5 Å². The van der Waals surface area contributed by atoms with Gasteiger partial charge in [-0.15, -0.1) is 0 Å². The SMILES string of the molecule is N[C@@H]1CCN(CC(=O)N2CCCCCC2)C1. The highest BCUT2D eigenvalue weighted by molar-refractivity contribution is 5.78. The zero-order valence-corrected chi connectivity index (χ0v) is 10.0. The summed E-state index contributed by atoms with van der Waals surface area (Å²) in [4.78, 5) is 16.3. The minimum atomic E-state index is 0.275. The average molecular weight is 225 g/mol. The predicted octanol–water partition coefficient (Wildman–Crippen LogP) is 0.422. The van der Waals surface area contributed by atoms with Crippen molar-refractivity contribution in [3.63, 3.8) is 0 Å². The summed E-state index contributed by atoms with van der Waals surface area (Å²) < 4.78 is 0. The Morgan fingerprint density at radius 2 is 1.81 bits per heavy atom. The molecule has 0 unspecified atom stereocenters. The minimum Gasteiger partial charge on any atom is -0.342 e. The van der Waals surface area contributed by atoms with Crippen molar-refractivity contribution in [1.29, 1.82) is 0 Å². The molecule has 2 fully saturated rings. The van der Waals surface area contributed by atoms with Crippen molar-refractivity contribution in [3.05, 3.63) is 0 Å². The Labute approximate surface area is 97.8 Å². The van der Waals surface area contributed by atoms with Crippen molar-refractivity contribution in [2.75, 3.05) is 32.7 Å². The van der Waals surface area contributed by atoms with Crippen LogP contribution in [0.25, 0.3) is 0 Å². The van der Waals surface area contributed by atoms with Gasteiger partial charge >= 0.3 is 0 Å². The van der Waals surface area contributed by atoms with Crippen molar-refractivity contribution in [2.45, 2.75) is 38.1 Å². The standard InChI is InChI=1S/C12H23N3O/c13-11-5-8-14(9-11)10-12(16)15-6-3-1-2-4-7-15/h11H,1-10,13H2/t11-/m1/s1. The predicted molar refractivity (Wildman–Crippen MR) is 64.1 cm³/mol. The molecule has 2 heterocycles. The van der Waals surface area contributed by atoms with E-state index in [4.69, 9.17) is 5.73 Å². The number of nitrogens with zero attached hydrogens (tertiary/aromatic N) is 2. The molecular formula is C12H23N3O. The quantitative estimate of drug-likeness (QED) is 0.741. The lowest BCUT2D eigenvalue weighted by molar-refractivity contribution is -0.132. The molecule has 0 spiro atoms. The van der Waals surface area contributed by atoms with Crippen LogP contribution in [0.4, 0.5) is 0 Å². The molecule has 2 aliphatic rings. The Hall–Kier alpha value is -0.610. The highest BCUT2D eigenvalue weighted by atomic mass is 16.2. The lowest BCUT2D eigenvalue weighted by Crippen LogP contribution is -2.40. The average Bonchev–Trinajstić information content (AvgIpc) is 2.56. The molecule has 0 aromatic heterocycles. The summed E-state index contributed by atoms with van der Waals surface area (Å²) >= 11 is 0. The maximum atomic E-state index is 12.1. The first-order valence-electron chi connectivity index (χ1n) is 6.51. The smallest absolute Gasteiger partial charge is 0.236 e. The van der Waals surface area contributed by atoms with Crippen LogP contribution in [0.15, 0.2) is 0 Å². The van der Waals surface area contributed by atoms with Gasteiger partial charge in [-0.1, -0.05) is 12.8 Å². The zero-order chi connectivity index (χ0) is 11.4. The van der Waals surface area contributed by atoms with Crippen LogP contribution in [0.3, 0.4) is 0 Å². The molecule has 0 aromatic rings. The van der Waals surface area contributed by atoms with Crippen LogP contribution < -0.4 is 5.73 Å². The Morgan fingerprint density at radius 1 is 1.12 bits per heavy atom. The number of nitrogens with two attached hydrogens (primary N) is 1. The fourth-order valence-electron chi connectivity index (χ4n) is 2.62. The van der Waals surface area contributed by atoms with E-state index < -0.39 is 0 Å². The third-order valence-corrected chi connectivity index (χ3v) is 3.63. The van der Waals surface area contributed by atoms with Gasteiger partial charge in [0.2, 0.25) is 5.91 Å².